The lowest BCUT2D eigenvalue weighted by molar-refractivity contribution is -0.379. The molecule has 0 bridgehead atoms. The molecule has 3 fully saturated rings. The van der Waals surface area contributed by atoms with Crippen molar-refractivity contribution in [1.82, 2.24) is 5.32 Å². The minimum atomic E-state index is -1.98. The molecule has 17 atom stereocenters. The summed E-state index contributed by atoms with van der Waals surface area (Å²) in [6.45, 7) is 1.67. The Morgan fingerprint density at radius 3 is 0.991 bits per heavy atom. The van der Waals surface area contributed by atoms with E-state index in [9.17, 15) is 61.0 Å². The third kappa shape index (κ3) is 51.5. The Balaban J connectivity index is 1.31. The summed E-state index contributed by atoms with van der Waals surface area (Å²) in [5.74, 6) is -0.279. The van der Waals surface area contributed by atoms with E-state index < -0.39 is 124 Å². The van der Waals surface area contributed by atoms with E-state index in [4.69, 9.17) is 28.4 Å². The molecule has 3 rings (SSSR count). The number of allylic oxidation sites excluding steroid dienone is 11. The van der Waals surface area contributed by atoms with E-state index in [1.165, 1.54) is 289 Å². The smallest absolute Gasteiger partial charge is 0.220 e. The van der Waals surface area contributed by atoms with Crippen LogP contribution in [-0.4, -0.2) is 193 Å². The van der Waals surface area contributed by atoms with Crippen molar-refractivity contribution in [1.29, 1.82) is 0 Å². The van der Waals surface area contributed by atoms with Crippen LogP contribution in [0.15, 0.2) is 72.9 Å². The first-order chi connectivity index (χ1) is 55.3. The Morgan fingerprint density at radius 2 is 0.619 bits per heavy atom. The Hall–Kier alpha value is -2.77. The number of ether oxygens (including phenoxy) is 6. The minimum Gasteiger partial charge on any atom is -0.394 e. The molecular weight excluding hydrogens is 1430 g/mol. The van der Waals surface area contributed by atoms with Gasteiger partial charge < -0.3 is 89.9 Å². The predicted molar refractivity (Wildman–Crippen MR) is 457 cm³/mol. The third-order valence-corrected chi connectivity index (χ3v) is 23.0. The zero-order chi connectivity index (χ0) is 81.7. The quantitative estimate of drug-likeness (QED) is 0.0199. The van der Waals surface area contributed by atoms with Gasteiger partial charge in [0.05, 0.1) is 38.6 Å². The predicted octanol–water partition coefficient (Wildman–Crippen LogP) is 18.3. The van der Waals surface area contributed by atoms with E-state index in [1.54, 1.807) is 6.08 Å². The van der Waals surface area contributed by atoms with E-state index in [0.717, 1.165) is 64.2 Å². The summed E-state index contributed by atoms with van der Waals surface area (Å²) >= 11 is 0. The average Bonchev–Trinajstić information content (AvgIpc) is 0.779. The average molecular weight is 1600 g/mol. The summed E-state index contributed by atoms with van der Waals surface area (Å²) in [6, 6.07) is -0.993. The van der Waals surface area contributed by atoms with Crippen LogP contribution in [0.25, 0.3) is 0 Å². The molecule has 0 spiro atoms. The number of unbranched alkanes of at least 4 members (excludes halogenated alkanes) is 50. The van der Waals surface area contributed by atoms with Crippen molar-refractivity contribution in [3.05, 3.63) is 72.9 Å². The van der Waals surface area contributed by atoms with Gasteiger partial charge in [-0.15, -0.1) is 0 Å². The Labute approximate surface area is 687 Å². The van der Waals surface area contributed by atoms with E-state index in [2.05, 4.69) is 79.9 Å². The van der Waals surface area contributed by atoms with Gasteiger partial charge in [-0.3, -0.25) is 4.79 Å². The van der Waals surface area contributed by atoms with Crippen molar-refractivity contribution in [3.63, 3.8) is 0 Å². The molecule has 0 radical (unpaired) electrons. The van der Waals surface area contributed by atoms with Crippen molar-refractivity contribution in [2.45, 2.75) is 491 Å². The Kier molecular flexibility index (Phi) is 67.6. The maximum atomic E-state index is 13.5. The van der Waals surface area contributed by atoms with Crippen molar-refractivity contribution in [2.24, 2.45) is 0 Å². The second-order valence-electron chi connectivity index (χ2n) is 33.1. The first-order valence-corrected chi connectivity index (χ1v) is 46.7. The number of amides is 1. The molecule has 3 saturated heterocycles. The van der Waals surface area contributed by atoms with Crippen molar-refractivity contribution in [2.75, 3.05) is 26.4 Å². The molecule has 0 aliphatic carbocycles. The van der Waals surface area contributed by atoms with Crippen LogP contribution in [0.4, 0.5) is 0 Å². The van der Waals surface area contributed by atoms with Crippen molar-refractivity contribution >= 4 is 5.91 Å². The van der Waals surface area contributed by atoms with E-state index >= 15 is 0 Å². The van der Waals surface area contributed by atoms with Gasteiger partial charge in [-0.05, 0) is 70.6 Å². The van der Waals surface area contributed by atoms with Crippen LogP contribution in [0.5, 0.6) is 0 Å². The van der Waals surface area contributed by atoms with Crippen LogP contribution in [0.3, 0.4) is 0 Å². The van der Waals surface area contributed by atoms with E-state index in [-0.39, 0.29) is 18.9 Å². The molecular formula is C94H171NO18. The lowest BCUT2D eigenvalue weighted by Gasteiger charge is -2.48. The van der Waals surface area contributed by atoms with Gasteiger partial charge in [0.15, 0.2) is 18.9 Å². The van der Waals surface area contributed by atoms with Gasteiger partial charge in [0, 0.05) is 6.42 Å². The van der Waals surface area contributed by atoms with Crippen LogP contribution in [0.1, 0.15) is 386 Å². The number of carbonyl (C=O) groups is 1. The van der Waals surface area contributed by atoms with E-state index in [0.29, 0.717) is 12.8 Å². The molecule has 17 unspecified atom stereocenters. The molecule has 19 heteroatoms. The first kappa shape index (κ1) is 104. The van der Waals surface area contributed by atoms with Gasteiger partial charge in [0.25, 0.3) is 0 Å². The molecule has 0 aromatic rings. The highest BCUT2D eigenvalue weighted by molar-refractivity contribution is 5.76. The SMILES string of the molecule is CC/C=C\C/C=C\C/C=C\C/C=C\CCCCCCCCCCCCCCCCCCCCCCCCCCC(=O)NC(COC1OC(CO)C(OC2OC(CO)C(OC3OC(CO)C(O)C(O)C3O)C(O)C2O)C(O)C1O)C(O)/C=C/CC/C=C/CCCCCCCCCCCCCCCCCCCCCCCCCCC. The van der Waals surface area contributed by atoms with Crippen LogP contribution in [0, 0.1) is 0 Å². The van der Waals surface area contributed by atoms with Gasteiger partial charge in [-0.25, -0.2) is 0 Å². The highest BCUT2D eigenvalue weighted by atomic mass is 16.8. The van der Waals surface area contributed by atoms with Gasteiger partial charge in [-0.1, -0.05) is 382 Å². The van der Waals surface area contributed by atoms with Crippen molar-refractivity contribution < 1.29 is 89.4 Å². The normalized spacial score (nSPS) is 25.1. The maximum Gasteiger partial charge on any atom is 0.220 e. The molecule has 1 amide bonds. The lowest BCUT2D eigenvalue weighted by atomic mass is 9.96. The van der Waals surface area contributed by atoms with Crippen LogP contribution < -0.4 is 5.32 Å². The number of carbonyl (C=O) groups excluding carboxylic acids is 1. The largest absolute Gasteiger partial charge is 0.394 e. The number of hydrogen-bond donors (Lipinski definition) is 12. The number of hydrogen-bond acceptors (Lipinski definition) is 18. The summed E-state index contributed by atoms with van der Waals surface area (Å²) in [5, 5.41) is 121. The summed E-state index contributed by atoms with van der Waals surface area (Å²) in [6.07, 6.45) is 72.2. The Morgan fingerprint density at radius 1 is 0.327 bits per heavy atom. The summed E-state index contributed by atoms with van der Waals surface area (Å²) in [7, 11) is 0. The third-order valence-electron chi connectivity index (χ3n) is 23.0. The molecule has 19 nitrogen and oxygen atoms in total. The molecule has 3 heterocycles. The standard InChI is InChI=1S/C94H171NO18/c1-3-5-7-9-11-13-15-17-19-21-23-25-27-29-31-33-35-36-37-38-39-40-42-44-46-48-50-52-54-56-58-60-62-64-66-68-70-72-82(100)95-77(78(99)71-69-67-65-63-61-59-57-55-53-51-49-47-45-43-41-34-32-30-28-26-24-22-20-18-16-14-12-10-8-6-4-2)76-108-92-88(106)85(103)90(80(74-97)110-92)113-94-89(107)86(104)91(81(75-98)111-94)112-93-87(105)84(102)83(101)79(73-96)109-93/h5,7,11,13,17,19,23,25,61,63,69,71,77-81,83-94,96-99,101-107H,3-4,6,8-10,12,14-16,18,20-22,24,26-60,62,64-68,70,72-76H2,1-2H3,(H,95,100)/b7-5-,13-11-,19-17-,25-23-,63-61+,71-69+. The second-order valence-corrected chi connectivity index (χ2v) is 33.1. The van der Waals surface area contributed by atoms with Gasteiger partial charge >= 0.3 is 0 Å². The topological polar surface area (TPSA) is 307 Å². The maximum absolute atomic E-state index is 13.5. The molecule has 3 aliphatic rings. The monoisotopic (exact) mass is 1600 g/mol. The van der Waals surface area contributed by atoms with Crippen LogP contribution in [-0.2, 0) is 33.2 Å². The summed E-state index contributed by atoms with van der Waals surface area (Å²) in [5.41, 5.74) is 0. The number of rotatable bonds is 76. The molecule has 12 N–H and O–H groups in total. The fourth-order valence-electron chi connectivity index (χ4n) is 15.6. The number of nitrogens with one attached hydrogen (secondary N) is 1. The summed E-state index contributed by atoms with van der Waals surface area (Å²) in [4.78, 5) is 13.5. The molecule has 113 heavy (non-hydrogen) atoms. The van der Waals surface area contributed by atoms with Crippen LogP contribution >= 0.6 is 0 Å². The summed E-state index contributed by atoms with van der Waals surface area (Å²) < 4.78 is 34.5. The Bertz CT molecular complexity index is 2320. The van der Waals surface area contributed by atoms with Gasteiger partial charge in [0.1, 0.15) is 73.2 Å². The number of aliphatic hydroxyl groups is 11. The number of aliphatic hydroxyl groups excluding tert-OH is 11. The highest BCUT2D eigenvalue weighted by Crippen LogP contribution is 2.34. The second kappa shape index (κ2) is 73.2. The zero-order valence-electron chi connectivity index (χ0n) is 71.4. The van der Waals surface area contributed by atoms with Crippen molar-refractivity contribution in [3.8, 4) is 0 Å². The molecule has 3 aliphatic heterocycles. The molecule has 0 aromatic carbocycles. The fraction of sp³-hybridized carbons (Fsp3) is 0.862. The first-order valence-electron chi connectivity index (χ1n) is 46.7. The van der Waals surface area contributed by atoms with Crippen LogP contribution in [0.2, 0.25) is 0 Å². The molecule has 0 aromatic heterocycles. The van der Waals surface area contributed by atoms with E-state index in [1.807, 2.05) is 6.08 Å². The molecule has 660 valence electrons. The zero-order valence-corrected chi connectivity index (χ0v) is 71.4. The fourth-order valence-corrected chi connectivity index (χ4v) is 15.6. The van der Waals surface area contributed by atoms with Gasteiger partial charge in [-0.2, -0.15) is 0 Å². The van der Waals surface area contributed by atoms with Gasteiger partial charge in [0.2, 0.25) is 5.91 Å². The highest BCUT2D eigenvalue weighted by Gasteiger charge is 2.54. The lowest BCUT2D eigenvalue weighted by Crippen LogP contribution is -2.66. The minimum absolute atomic E-state index is 0.237. The molecule has 0 saturated carbocycles.